The summed E-state index contributed by atoms with van der Waals surface area (Å²) >= 11 is 5.67. The maximum atomic E-state index is 5.68. The Kier molecular flexibility index (Phi) is 5.27. The normalized spacial score (nSPS) is 15.4. The molecule has 16 heavy (non-hydrogen) atoms. The van der Waals surface area contributed by atoms with Crippen LogP contribution >= 0.6 is 35.6 Å². The van der Waals surface area contributed by atoms with E-state index in [1.807, 2.05) is 6.07 Å². The van der Waals surface area contributed by atoms with Crippen molar-refractivity contribution in [2.75, 3.05) is 0 Å². The first kappa shape index (κ1) is 13.5. The lowest BCUT2D eigenvalue weighted by molar-refractivity contribution is 0.878. The summed E-state index contributed by atoms with van der Waals surface area (Å²) in [5.74, 6) is 0.507. The van der Waals surface area contributed by atoms with Crippen molar-refractivity contribution in [2.45, 2.75) is 25.4 Å². The van der Waals surface area contributed by atoms with E-state index in [0.717, 1.165) is 5.56 Å². The third-order valence-electron chi connectivity index (χ3n) is 2.15. The predicted molar refractivity (Wildman–Crippen MR) is 76.1 cm³/mol. The highest BCUT2D eigenvalue weighted by Crippen LogP contribution is 2.18. The molecule has 1 heterocycles. The Morgan fingerprint density at radius 1 is 1.56 bits per heavy atom. The van der Waals surface area contributed by atoms with E-state index in [-0.39, 0.29) is 24.0 Å². The van der Waals surface area contributed by atoms with E-state index in [1.54, 1.807) is 12.3 Å². The molecular weight excluding hydrogens is 338 g/mol. The molecule has 0 amide bonds. The number of rotatable bonds is 3. The molecule has 0 radical (unpaired) electrons. The summed E-state index contributed by atoms with van der Waals surface area (Å²) in [6.45, 7) is 0.537. The van der Waals surface area contributed by atoms with E-state index < -0.39 is 0 Å². The van der Waals surface area contributed by atoms with Crippen LogP contribution in [0.2, 0.25) is 5.15 Å². The molecule has 0 saturated heterocycles. The van der Waals surface area contributed by atoms with Gasteiger partial charge in [0.05, 0.1) is 6.54 Å². The minimum absolute atomic E-state index is 0. The van der Waals surface area contributed by atoms with Crippen LogP contribution in [0, 0.1) is 0 Å². The Hall–Kier alpha value is -0.560. The smallest absolute Gasteiger partial charge is 0.189 e. The number of nitrogens with two attached hydrogens (primary N) is 1. The molecule has 2 rings (SSSR count). The van der Waals surface area contributed by atoms with Crippen molar-refractivity contribution >= 4 is 41.5 Å². The van der Waals surface area contributed by atoms with Crippen LogP contribution < -0.4 is 11.1 Å². The largest absolute Gasteiger partial charge is 0.370 e. The maximum Gasteiger partial charge on any atom is 0.189 e. The molecule has 4 nitrogen and oxygen atoms in total. The molecule has 88 valence electrons. The van der Waals surface area contributed by atoms with E-state index in [2.05, 4.69) is 15.3 Å². The number of guanidine groups is 1. The summed E-state index contributed by atoms with van der Waals surface area (Å²) in [6, 6.07) is 4.18. The van der Waals surface area contributed by atoms with Crippen molar-refractivity contribution in [2.24, 2.45) is 10.7 Å². The molecule has 6 heteroatoms. The topological polar surface area (TPSA) is 63.3 Å². The lowest BCUT2D eigenvalue weighted by Gasteiger charge is -2.02. The average Bonchev–Trinajstić information content (AvgIpc) is 3.01. The highest BCUT2D eigenvalue weighted by Gasteiger charge is 2.21. The van der Waals surface area contributed by atoms with Crippen molar-refractivity contribution in [3.8, 4) is 0 Å². The van der Waals surface area contributed by atoms with Crippen LogP contribution in [0.3, 0.4) is 0 Å². The standard InChI is InChI=1S/C10H13ClN4.HI/c11-9-4-1-7(5-13-9)6-14-10(12)15-8-2-3-8;/h1,4-5,8H,2-3,6H2,(H3,12,14,15);1H. The first-order chi connectivity index (χ1) is 7.24. The number of pyridine rings is 1. The predicted octanol–water partition coefficient (Wildman–Crippen LogP) is 1.92. The minimum Gasteiger partial charge on any atom is -0.370 e. The fraction of sp³-hybridized carbons (Fsp3) is 0.400. The number of aromatic nitrogens is 1. The summed E-state index contributed by atoms with van der Waals surface area (Å²) in [6.07, 6.45) is 4.09. The average molecular weight is 353 g/mol. The van der Waals surface area contributed by atoms with Gasteiger partial charge in [-0.2, -0.15) is 0 Å². The van der Waals surface area contributed by atoms with Gasteiger partial charge in [0.15, 0.2) is 5.96 Å². The van der Waals surface area contributed by atoms with Gasteiger partial charge in [0, 0.05) is 12.2 Å². The Balaban J connectivity index is 0.00000128. The molecule has 1 aliphatic rings. The van der Waals surface area contributed by atoms with Crippen molar-refractivity contribution in [3.05, 3.63) is 29.0 Å². The fourth-order valence-corrected chi connectivity index (χ4v) is 1.27. The number of aliphatic imine (C=N–C) groups is 1. The lowest BCUT2D eigenvalue weighted by atomic mass is 10.3. The Bertz CT molecular complexity index is 362. The van der Waals surface area contributed by atoms with Crippen LogP contribution in [-0.2, 0) is 6.54 Å². The van der Waals surface area contributed by atoms with Gasteiger partial charge in [0.25, 0.3) is 0 Å². The van der Waals surface area contributed by atoms with E-state index in [1.165, 1.54) is 12.8 Å². The molecule has 1 saturated carbocycles. The molecule has 1 aromatic rings. The van der Waals surface area contributed by atoms with Crippen LogP contribution in [0.15, 0.2) is 23.3 Å². The molecule has 0 bridgehead atoms. The third-order valence-corrected chi connectivity index (χ3v) is 2.37. The van der Waals surface area contributed by atoms with E-state index in [4.69, 9.17) is 17.3 Å². The number of halogens is 2. The first-order valence-electron chi connectivity index (χ1n) is 4.91. The SMILES string of the molecule is I.NC(=NCc1ccc(Cl)nc1)NC1CC1. The summed E-state index contributed by atoms with van der Waals surface area (Å²) in [5.41, 5.74) is 6.68. The molecule has 0 unspecified atom stereocenters. The zero-order valence-electron chi connectivity index (χ0n) is 8.69. The Morgan fingerprint density at radius 2 is 2.31 bits per heavy atom. The van der Waals surface area contributed by atoms with E-state index >= 15 is 0 Å². The Labute approximate surface area is 117 Å². The maximum absolute atomic E-state index is 5.68. The summed E-state index contributed by atoms with van der Waals surface area (Å²) < 4.78 is 0. The molecular formula is C10H14ClIN4. The second kappa shape index (κ2) is 6.24. The van der Waals surface area contributed by atoms with Gasteiger partial charge in [-0.1, -0.05) is 17.7 Å². The Morgan fingerprint density at radius 3 is 2.88 bits per heavy atom. The molecule has 1 aliphatic carbocycles. The highest BCUT2D eigenvalue weighted by molar-refractivity contribution is 14.0. The first-order valence-corrected chi connectivity index (χ1v) is 5.29. The quantitative estimate of drug-likeness (QED) is 0.378. The summed E-state index contributed by atoms with van der Waals surface area (Å²) in [7, 11) is 0. The number of nitrogens with one attached hydrogen (secondary N) is 1. The van der Waals surface area contributed by atoms with Gasteiger partial charge in [-0.15, -0.1) is 24.0 Å². The van der Waals surface area contributed by atoms with Crippen LogP contribution in [0.25, 0.3) is 0 Å². The molecule has 0 atom stereocenters. The minimum atomic E-state index is 0. The van der Waals surface area contributed by atoms with Gasteiger partial charge in [-0.3, -0.25) is 0 Å². The van der Waals surface area contributed by atoms with Gasteiger partial charge < -0.3 is 11.1 Å². The summed E-state index contributed by atoms with van der Waals surface area (Å²) in [4.78, 5) is 8.17. The monoisotopic (exact) mass is 352 g/mol. The highest BCUT2D eigenvalue weighted by atomic mass is 127. The van der Waals surface area contributed by atoms with Crippen LogP contribution in [0.1, 0.15) is 18.4 Å². The van der Waals surface area contributed by atoms with Gasteiger partial charge in [-0.25, -0.2) is 9.98 Å². The molecule has 0 spiro atoms. The van der Waals surface area contributed by atoms with Crippen molar-refractivity contribution in [3.63, 3.8) is 0 Å². The second-order valence-corrected chi connectivity index (χ2v) is 4.00. The number of hydrogen-bond donors (Lipinski definition) is 2. The van der Waals surface area contributed by atoms with Gasteiger partial charge in [0.2, 0.25) is 0 Å². The van der Waals surface area contributed by atoms with Gasteiger partial charge >= 0.3 is 0 Å². The van der Waals surface area contributed by atoms with Gasteiger partial charge in [0.1, 0.15) is 5.15 Å². The van der Waals surface area contributed by atoms with Crippen molar-refractivity contribution < 1.29 is 0 Å². The van der Waals surface area contributed by atoms with Gasteiger partial charge in [-0.05, 0) is 24.5 Å². The second-order valence-electron chi connectivity index (χ2n) is 3.61. The zero-order chi connectivity index (χ0) is 10.7. The zero-order valence-corrected chi connectivity index (χ0v) is 11.8. The van der Waals surface area contributed by atoms with Crippen LogP contribution in [0.5, 0.6) is 0 Å². The third kappa shape index (κ3) is 4.52. The number of nitrogens with zero attached hydrogens (tertiary/aromatic N) is 2. The van der Waals surface area contributed by atoms with Crippen LogP contribution in [-0.4, -0.2) is 17.0 Å². The lowest BCUT2D eigenvalue weighted by Crippen LogP contribution is -2.33. The van der Waals surface area contributed by atoms with Crippen LogP contribution in [0.4, 0.5) is 0 Å². The van der Waals surface area contributed by atoms with E-state index in [0.29, 0.717) is 23.7 Å². The molecule has 3 N–H and O–H groups in total. The summed E-state index contributed by atoms with van der Waals surface area (Å²) in [5, 5.41) is 3.61. The fourth-order valence-electron chi connectivity index (χ4n) is 1.16. The van der Waals surface area contributed by atoms with Crippen molar-refractivity contribution in [1.29, 1.82) is 0 Å². The molecule has 1 fully saturated rings. The molecule has 0 aromatic carbocycles. The van der Waals surface area contributed by atoms with Crippen molar-refractivity contribution in [1.82, 2.24) is 10.3 Å². The van der Waals surface area contributed by atoms with E-state index in [9.17, 15) is 0 Å². The molecule has 1 aromatic heterocycles. The molecule has 0 aliphatic heterocycles. The number of hydrogen-bond acceptors (Lipinski definition) is 2.